The van der Waals surface area contributed by atoms with Crippen LogP contribution in [0.4, 0.5) is 5.69 Å². The van der Waals surface area contributed by atoms with Crippen molar-refractivity contribution in [1.29, 1.82) is 0 Å². The fraction of sp³-hybridized carbons (Fsp3) is 0.118. The standard InChI is InChI=1S/C17H13Br2NO/c1-9-3-4-11(10(2)5-9)6-14-13-7-12(18)8-15(19)16(13)20-17(14)21/h3-8H,1-2H3,(H,20,21). The van der Waals surface area contributed by atoms with Crippen LogP contribution in [-0.4, -0.2) is 5.91 Å². The average molecular weight is 407 g/mol. The molecule has 1 aliphatic heterocycles. The van der Waals surface area contributed by atoms with E-state index in [2.05, 4.69) is 69.2 Å². The second-order valence-corrected chi connectivity index (χ2v) is 6.95. The summed E-state index contributed by atoms with van der Waals surface area (Å²) in [6, 6.07) is 10.1. The monoisotopic (exact) mass is 405 g/mol. The van der Waals surface area contributed by atoms with Gasteiger partial charge in [-0.1, -0.05) is 39.7 Å². The Morgan fingerprint density at radius 1 is 1.10 bits per heavy atom. The van der Waals surface area contributed by atoms with E-state index in [9.17, 15) is 4.79 Å². The van der Waals surface area contributed by atoms with Crippen LogP contribution in [-0.2, 0) is 4.79 Å². The zero-order valence-electron chi connectivity index (χ0n) is 11.6. The summed E-state index contributed by atoms with van der Waals surface area (Å²) < 4.78 is 1.82. The maximum Gasteiger partial charge on any atom is 0.256 e. The molecule has 0 bridgehead atoms. The van der Waals surface area contributed by atoms with E-state index in [0.29, 0.717) is 5.57 Å². The van der Waals surface area contributed by atoms with Crippen LogP contribution in [0.1, 0.15) is 22.3 Å². The number of nitrogens with one attached hydrogen (secondary N) is 1. The van der Waals surface area contributed by atoms with Crippen LogP contribution in [0.3, 0.4) is 0 Å². The van der Waals surface area contributed by atoms with Gasteiger partial charge in [-0.2, -0.15) is 0 Å². The second kappa shape index (κ2) is 5.43. The number of hydrogen-bond donors (Lipinski definition) is 1. The molecule has 0 atom stereocenters. The molecule has 0 aromatic heterocycles. The quantitative estimate of drug-likeness (QED) is 0.638. The largest absolute Gasteiger partial charge is 0.320 e. The summed E-state index contributed by atoms with van der Waals surface area (Å²) in [6.07, 6.45) is 1.95. The average Bonchev–Trinajstić information content (AvgIpc) is 2.70. The summed E-state index contributed by atoms with van der Waals surface area (Å²) in [6.45, 7) is 4.12. The zero-order chi connectivity index (χ0) is 15.1. The van der Waals surface area contributed by atoms with Gasteiger partial charge in [0.15, 0.2) is 0 Å². The Balaban J connectivity index is 2.16. The Bertz CT molecular complexity index is 794. The van der Waals surface area contributed by atoms with Crippen LogP contribution < -0.4 is 5.32 Å². The Morgan fingerprint density at radius 3 is 2.57 bits per heavy atom. The summed E-state index contributed by atoms with van der Waals surface area (Å²) in [5, 5.41) is 2.92. The number of halogens is 2. The van der Waals surface area contributed by atoms with Crippen LogP contribution in [0, 0.1) is 13.8 Å². The minimum atomic E-state index is -0.0659. The summed E-state index contributed by atoms with van der Waals surface area (Å²) in [5.74, 6) is -0.0659. The molecule has 106 valence electrons. The predicted octanol–water partition coefficient (Wildman–Crippen LogP) is 5.32. The van der Waals surface area contributed by atoms with E-state index in [1.54, 1.807) is 0 Å². The predicted molar refractivity (Wildman–Crippen MR) is 94.3 cm³/mol. The van der Waals surface area contributed by atoms with Gasteiger partial charge < -0.3 is 5.32 Å². The van der Waals surface area contributed by atoms with Crippen molar-refractivity contribution in [1.82, 2.24) is 0 Å². The van der Waals surface area contributed by atoms with Crippen LogP contribution in [0.5, 0.6) is 0 Å². The fourth-order valence-electron chi connectivity index (χ4n) is 2.50. The first-order valence-electron chi connectivity index (χ1n) is 6.55. The first-order chi connectivity index (χ1) is 9.95. The number of benzene rings is 2. The number of anilines is 1. The third-order valence-corrected chi connectivity index (χ3v) is 4.64. The van der Waals surface area contributed by atoms with Gasteiger partial charge in [0.05, 0.1) is 5.69 Å². The molecule has 0 unspecified atom stereocenters. The SMILES string of the molecule is Cc1ccc(C=C2C(=O)Nc3c(Br)cc(Br)cc32)c(C)c1. The van der Waals surface area contributed by atoms with E-state index in [4.69, 9.17) is 0 Å². The smallest absolute Gasteiger partial charge is 0.256 e. The molecule has 0 saturated heterocycles. The van der Waals surface area contributed by atoms with Gasteiger partial charge in [0.2, 0.25) is 0 Å². The molecule has 1 aliphatic rings. The van der Waals surface area contributed by atoms with Crippen molar-refractivity contribution in [3.05, 3.63) is 61.5 Å². The van der Waals surface area contributed by atoms with Gasteiger partial charge in [-0.15, -0.1) is 0 Å². The molecule has 0 radical (unpaired) electrons. The van der Waals surface area contributed by atoms with Crippen LogP contribution in [0.15, 0.2) is 39.3 Å². The van der Waals surface area contributed by atoms with E-state index >= 15 is 0 Å². The molecule has 2 aromatic carbocycles. The summed E-state index contributed by atoms with van der Waals surface area (Å²) in [5.41, 5.74) is 5.89. The molecule has 1 N–H and O–H groups in total. The van der Waals surface area contributed by atoms with Crippen molar-refractivity contribution < 1.29 is 4.79 Å². The minimum absolute atomic E-state index is 0.0659. The lowest BCUT2D eigenvalue weighted by Gasteiger charge is -2.05. The van der Waals surface area contributed by atoms with Crippen LogP contribution in [0.2, 0.25) is 0 Å². The molecule has 0 spiro atoms. The second-order valence-electron chi connectivity index (χ2n) is 5.18. The molecule has 21 heavy (non-hydrogen) atoms. The fourth-order valence-corrected chi connectivity index (χ4v) is 3.83. The highest BCUT2D eigenvalue weighted by Gasteiger charge is 2.26. The van der Waals surface area contributed by atoms with E-state index in [1.165, 1.54) is 5.56 Å². The first-order valence-corrected chi connectivity index (χ1v) is 8.14. The van der Waals surface area contributed by atoms with Gasteiger partial charge in [0.1, 0.15) is 0 Å². The van der Waals surface area contributed by atoms with E-state index < -0.39 is 0 Å². The molecular formula is C17H13Br2NO. The van der Waals surface area contributed by atoms with Gasteiger partial charge >= 0.3 is 0 Å². The number of fused-ring (bicyclic) bond motifs is 1. The Hall–Kier alpha value is -1.39. The lowest BCUT2D eigenvalue weighted by atomic mass is 10.00. The molecule has 2 aromatic rings. The van der Waals surface area contributed by atoms with Crippen molar-refractivity contribution in [3.63, 3.8) is 0 Å². The number of aryl methyl sites for hydroxylation is 2. The van der Waals surface area contributed by atoms with Gasteiger partial charge in [-0.05, 0) is 59.1 Å². The topological polar surface area (TPSA) is 29.1 Å². The Labute approximate surface area is 140 Å². The number of rotatable bonds is 1. The highest BCUT2D eigenvalue weighted by atomic mass is 79.9. The lowest BCUT2D eigenvalue weighted by Crippen LogP contribution is -2.04. The first kappa shape index (κ1) is 14.5. The molecule has 3 rings (SSSR count). The van der Waals surface area contributed by atoms with Crippen molar-refractivity contribution in [3.8, 4) is 0 Å². The van der Waals surface area contributed by atoms with Crippen LogP contribution >= 0.6 is 31.9 Å². The Kier molecular flexibility index (Phi) is 3.76. The van der Waals surface area contributed by atoms with Crippen LogP contribution in [0.25, 0.3) is 11.6 Å². The van der Waals surface area contributed by atoms with E-state index in [0.717, 1.165) is 31.3 Å². The Morgan fingerprint density at radius 2 is 1.86 bits per heavy atom. The highest BCUT2D eigenvalue weighted by Crippen LogP contribution is 2.40. The minimum Gasteiger partial charge on any atom is -0.320 e. The lowest BCUT2D eigenvalue weighted by molar-refractivity contribution is -0.110. The molecule has 1 heterocycles. The molecule has 4 heteroatoms. The number of carbonyl (C=O) groups is 1. The van der Waals surface area contributed by atoms with Gasteiger partial charge in [0.25, 0.3) is 5.91 Å². The highest BCUT2D eigenvalue weighted by molar-refractivity contribution is 9.11. The van der Waals surface area contributed by atoms with Gasteiger partial charge in [0, 0.05) is 20.1 Å². The van der Waals surface area contributed by atoms with E-state index in [1.807, 2.05) is 18.2 Å². The van der Waals surface area contributed by atoms with Crippen molar-refractivity contribution in [2.24, 2.45) is 0 Å². The molecule has 0 saturated carbocycles. The number of amides is 1. The van der Waals surface area contributed by atoms with Gasteiger partial charge in [-0.3, -0.25) is 4.79 Å². The molecular weight excluding hydrogens is 394 g/mol. The van der Waals surface area contributed by atoms with Gasteiger partial charge in [-0.25, -0.2) is 0 Å². The molecule has 1 amide bonds. The molecule has 0 fully saturated rings. The third kappa shape index (κ3) is 2.70. The summed E-state index contributed by atoms with van der Waals surface area (Å²) >= 11 is 6.97. The summed E-state index contributed by atoms with van der Waals surface area (Å²) in [7, 11) is 0. The number of hydrogen-bond acceptors (Lipinski definition) is 1. The number of carbonyl (C=O) groups excluding carboxylic acids is 1. The zero-order valence-corrected chi connectivity index (χ0v) is 14.8. The third-order valence-electron chi connectivity index (χ3n) is 3.55. The van der Waals surface area contributed by atoms with E-state index in [-0.39, 0.29) is 5.91 Å². The molecule has 2 nitrogen and oxygen atoms in total. The maximum absolute atomic E-state index is 12.3. The van der Waals surface area contributed by atoms with Crippen molar-refractivity contribution in [2.75, 3.05) is 5.32 Å². The molecule has 0 aliphatic carbocycles. The summed E-state index contributed by atoms with van der Waals surface area (Å²) in [4.78, 5) is 12.3. The van der Waals surface area contributed by atoms with Crippen molar-refractivity contribution >= 4 is 55.1 Å². The normalized spacial score (nSPS) is 15.2. The van der Waals surface area contributed by atoms with Crippen molar-refractivity contribution in [2.45, 2.75) is 13.8 Å². The maximum atomic E-state index is 12.3.